The lowest BCUT2D eigenvalue weighted by molar-refractivity contribution is 0.188. The summed E-state index contributed by atoms with van der Waals surface area (Å²) in [5.41, 5.74) is 5.71. The molecule has 0 spiro atoms. The van der Waals surface area contributed by atoms with Gasteiger partial charge < -0.3 is 5.73 Å². The zero-order valence-corrected chi connectivity index (χ0v) is 9.36. The SMILES string of the molecule is N#CC(N)CN1CCCC1C1CCCC1. The standard InChI is InChI=1S/C12H21N3/c13-8-11(14)9-15-7-3-6-12(15)10-4-1-2-5-10/h10-12H,1-7,9,14H2. The van der Waals surface area contributed by atoms with Crippen LogP contribution in [0.5, 0.6) is 0 Å². The topological polar surface area (TPSA) is 53.1 Å². The molecule has 15 heavy (non-hydrogen) atoms. The molecule has 1 heterocycles. The molecule has 84 valence electrons. The van der Waals surface area contributed by atoms with E-state index in [1.165, 1.54) is 38.5 Å². The zero-order chi connectivity index (χ0) is 10.7. The highest BCUT2D eigenvalue weighted by Gasteiger charge is 2.33. The first-order valence-electron chi connectivity index (χ1n) is 6.20. The second kappa shape index (κ2) is 4.96. The van der Waals surface area contributed by atoms with Crippen LogP contribution in [0.4, 0.5) is 0 Å². The van der Waals surface area contributed by atoms with Crippen molar-refractivity contribution in [2.24, 2.45) is 11.7 Å². The van der Waals surface area contributed by atoms with Crippen LogP contribution >= 0.6 is 0 Å². The predicted octanol–water partition coefficient (Wildman–Crippen LogP) is 1.49. The Bertz CT molecular complexity index is 240. The molecule has 2 unspecified atom stereocenters. The highest BCUT2D eigenvalue weighted by atomic mass is 15.2. The van der Waals surface area contributed by atoms with Gasteiger partial charge in [-0.3, -0.25) is 4.90 Å². The van der Waals surface area contributed by atoms with E-state index in [-0.39, 0.29) is 6.04 Å². The minimum absolute atomic E-state index is 0.299. The maximum atomic E-state index is 8.75. The Kier molecular flexibility index (Phi) is 3.61. The van der Waals surface area contributed by atoms with Crippen LogP contribution in [-0.4, -0.2) is 30.1 Å². The van der Waals surface area contributed by atoms with E-state index in [1.807, 2.05) is 0 Å². The summed E-state index contributed by atoms with van der Waals surface area (Å²) in [4.78, 5) is 2.46. The highest BCUT2D eigenvalue weighted by Crippen LogP contribution is 2.35. The van der Waals surface area contributed by atoms with Crippen molar-refractivity contribution in [3.63, 3.8) is 0 Å². The van der Waals surface area contributed by atoms with Crippen LogP contribution in [0.3, 0.4) is 0 Å². The van der Waals surface area contributed by atoms with Crippen molar-refractivity contribution in [3.05, 3.63) is 0 Å². The van der Waals surface area contributed by atoms with Crippen molar-refractivity contribution in [3.8, 4) is 6.07 Å². The third-order valence-corrected chi connectivity index (χ3v) is 3.96. The molecule has 0 bridgehead atoms. The molecular weight excluding hydrogens is 186 g/mol. The molecule has 2 aliphatic rings. The van der Waals surface area contributed by atoms with Gasteiger partial charge in [-0.1, -0.05) is 12.8 Å². The summed E-state index contributed by atoms with van der Waals surface area (Å²) < 4.78 is 0. The third kappa shape index (κ3) is 2.50. The van der Waals surface area contributed by atoms with Gasteiger partial charge in [0.1, 0.15) is 6.04 Å². The number of nitriles is 1. The van der Waals surface area contributed by atoms with Crippen molar-refractivity contribution >= 4 is 0 Å². The molecule has 3 heteroatoms. The number of rotatable bonds is 3. The molecule has 2 fully saturated rings. The maximum absolute atomic E-state index is 8.75. The normalized spacial score (nSPS) is 30.5. The Morgan fingerprint density at radius 3 is 2.67 bits per heavy atom. The quantitative estimate of drug-likeness (QED) is 0.763. The molecule has 2 atom stereocenters. The average Bonchev–Trinajstić information content (AvgIpc) is 2.86. The van der Waals surface area contributed by atoms with E-state index in [0.29, 0.717) is 0 Å². The summed E-state index contributed by atoms with van der Waals surface area (Å²) in [6.07, 6.45) is 8.20. The second-order valence-corrected chi connectivity index (χ2v) is 4.98. The van der Waals surface area contributed by atoms with Crippen LogP contribution in [-0.2, 0) is 0 Å². The number of hydrogen-bond donors (Lipinski definition) is 1. The minimum Gasteiger partial charge on any atom is -0.315 e. The molecule has 2 rings (SSSR count). The fraction of sp³-hybridized carbons (Fsp3) is 0.917. The van der Waals surface area contributed by atoms with E-state index in [9.17, 15) is 0 Å². The van der Waals surface area contributed by atoms with Crippen LogP contribution in [0.2, 0.25) is 0 Å². The summed E-state index contributed by atoms with van der Waals surface area (Å²) >= 11 is 0. The zero-order valence-electron chi connectivity index (χ0n) is 9.36. The highest BCUT2D eigenvalue weighted by molar-refractivity contribution is 4.94. The molecule has 1 saturated carbocycles. The lowest BCUT2D eigenvalue weighted by atomic mass is 9.96. The number of hydrogen-bond acceptors (Lipinski definition) is 3. The molecule has 1 aliphatic heterocycles. The fourth-order valence-electron chi connectivity index (χ4n) is 3.25. The van der Waals surface area contributed by atoms with Gasteiger partial charge >= 0.3 is 0 Å². The van der Waals surface area contributed by atoms with E-state index < -0.39 is 0 Å². The smallest absolute Gasteiger partial charge is 0.106 e. The van der Waals surface area contributed by atoms with Crippen LogP contribution in [0, 0.1) is 17.2 Å². The Morgan fingerprint density at radius 2 is 2.00 bits per heavy atom. The molecule has 1 aliphatic carbocycles. The number of nitrogens with two attached hydrogens (primary N) is 1. The molecule has 2 N–H and O–H groups in total. The van der Waals surface area contributed by atoms with Crippen LogP contribution < -0.4 is 5.73 Å². The fourth-order valence-corrected chi connectivity index (χ4v) is 3.25. The lowest BCUT2D eigenvalue weighted by Crippen LogP contribution is -2.42. The summed E-state index contributed by atoms with van der Waals surface area (Å²) in [5.74, 6) is 0.887. The molecule has 0 aromatic heterocycles. The van der Waals surface area contributed by atoms with Crippen LogP contribution in [0.1, 0.15) is 38.5 Å². The molecular formula is C12H21N3. The summed E-state index contributed by atoms with van der Waals surface area (Å²) in [7, 11) is 0. The van der Waals surface area contributed by atoms with Gasteiger partial charge in [-0.15, -0.1) is 0 Å². The van der Waals surface area contributed by atoms with E-state index in [4.69, 9.17) is 11.0 Å². The monoisotopic (exact) mass is 207 g/mol. The van der Waals surface area contributed by atoms with E-state index >= 15 is 0 Å². The first-order valence-corrected chi connectivity index (χ1v) is 6.20. The molecule has 0 aromatic rings. The largest absolute Gasteiger partial charge is 0.315 e. The van der Waals surface area contributed by atoms with Gasteiger partial charge in [-0.05, 0) is 38.1 Å². The molecule has 0 radical (unpaired) electrons. The van der Waals surface area contributed by atoms with Gasteiger partial charge in [0.15, 0.2) is 0 Å². The van der Waals surface area contributed by atoms with E-state index in [0.717, 1.165) is 25.0 Å². The first kappa shape index (κ1) is 10.9. The molecule has 0 amide bonds. The van der Waals surface area contributed by atoms with Crippen molar-refractivity contribution in [1.29, 1.82) is 5.26 Å². The second-order valence-electron chi connectivity index (χ2n) is 4.98. The predicted molar refractivity (Wildman–Crippen MR) is 60.1 cm³/mol. The van der Waals surface area contributed by atoms with E-state index in [2.05, 4.69) is 11.0 Å². The summed E-state index contributed by atoms with van der Waals surface area (Å²) in [6, 6.07) is 2.57. The van der Waals surface area contributed by atoms with Gasteiger partial charge in [-0.2, -0.15) is 5.26 Å². The first-order chi connectivity index (χ1) is 7.31. The van der Waals surface area contributed by atoms with Gasteiger partial charge in [-0.25, -0.2) is 0 Å². The number of nitrogens with zero attached hydrogens (tertiary/aromatic N) is 2. The van der Waals surface area contributed by atoms with Crippen molar-refractivity contribution in [2.45, 2.75) is 50.6 Å². The summed E-state index contributed by atoms with van der Waals surface area (Å²) in [5, 5.41) is 8.75. The molecule has 0 aromatic carbocycles. The molecule has 1 saturated heterocycles. The molecule has 3 nitrogen and oxygen atoms in total. The van der Waals surface area contributed by atoms with Crippen molar-refractivity contribution in [2.75, 3.05) is 13.1 Å². The third-order valence-electron chi connectivity index (χ3n) is 3.96. The van der Waals surface area contributed by atoms with Crippen molar-refractivity contribution in [1.82, 2.24) is 4.90 Å². The van der Waals surface area contributed by atoms with Gasteiger partial charge in [0.25, 0.3) is 0 Å². The Balaban J connectivity index is 1.90. The summed E-state index contributed by atoms with van der Waals surface area (Å²) in [6.45, 7) is 1.92. The maximum Gasteiger partial charge on any atom is 0.106 e. The Labute approximate surface area is 92.2 Å². The Hall–Kier alpha value is -0.590. The van der Waals surface area contributed by atoms with Crippen LogP contribution in [0.25, 0.3) is 0 Å². The van der Waals surface area contributed by atoms with Gasteiger partial charge in [0, 0.05) is 12.6 Å². The van der Waals surface area contributed by atoms with E-state index in [1.54, 1.807) is 0 Å². The van der Waals surface area contributed by atoms with Gasteiger partial charge in [0.2, 0.25) is 0 Å². The van der Waals surface area contributed by atoms with Crippen molar-refractivity contribution < 1.29 is 0 Å². The number of likely N-dealkylation sites (tertiary alicyclic amines) is 1. The van der Waals surface area contributed by atoms with Gasteiger partial charge in [0.05, 0.1) is 6.07 Å². The minimum atomic E-state index is -0.299. The average molecular weight is 207 g/mol. The van der Waals surface area contributed by atoms with Crippen LogP contribution in [0.15, 0.2) is 0 Å². The Morgan fingerprint density at radius 1 is 1.27 bits per heavy atom. The lowest BCUT2D eigenvalue weighted by Gasteiger charge is -2.29.